The summed E-state index contributed by atoms with van der Waals surface area (Å²) >= 11 is 7.11. The van der Waals surface area contributed by atoms with E-state index >= 15 is 0 Å². The molecular formula is C16H15Br2NO. The van der Waals surface area contributed by atoms with Gasteiger partial charge in [0.1, 0.15) is 5.75 Å². The molecule has 0 radical (unpaired) electrons. The molecule has 2 nitrogen and oxygen atoms in total. The van der Waals surface area contributed by atoms with Crippen molar-refractivity contribution < 1.29 is 4.74 Å². The first-order chi connectivity index (χ1) is 9.69. The summed E-state index contributed by atoms with van der Waals surface area (Å²) in [5.74, 6) is 1.04. The van der Waals surface area contributed by atoms with Crippen molar-refractivity contribution in [3.8, 4) is 5.75 Å². The van der Waals surface area contributed by atoms with Crippen LogP contribution in [0.1, 0.15) is 22.7 Å². The standard InChI is InChI=1S/C16H15Br2NO/c1-19-15(11-7-12(17)9-13(18)8-11)14-4-2-3-10-5-6-20-16(10)14/h2-4,7-9,15,19H,5-6H2,1H3. The Morgan fingerprint density at radius 3 is 2.60 bits per heavy atom. The summed E-state index contributed by atoms with van der Waals surface area (Å²) in [5.41, 5.74) is 3.71. The maximum absolute atomic E-state index is 5.83. The molecule has 1 unspecified atom stereocenters. The van der Waals surface area contributed by atoms with Crippen molar-refractivity contribution >= 4 is 31.9 Å². The Kier molecular flexibility index (Phi) is 4.15. The van der Waals surface area contributed by atoms with Gasteiger partial charge in [-0.15, -0.1) is 0 Å². The Hall–Kier alpha value is -0.840. The van der Waals surface area contributed by atoms with Gasteiger partial charge in [0.2, 0.25) is 0 Å². The van der Waals surface area contributed by atoms with E-state index in [1.807, 2.05) is 13.1 Å². The second-order valence-corrected chi connectivity index (χ2v) is 6.69. The highest BCUT2D eigenvalue weighted by atomic mass is 79.9. The van der Waals surface area contributed by atoms with Crippen LogP contribution in [0.4, 0.5) is 0 Å². The van der Waals surface area contributed by atoms with Crippen LogP contribution in [0.2, 0.25) is 0 Å². The van der Waals surface area contributed by atoms with Gasteiger partial charge in [0.05, 0.1) is 12.6 Å². The van der Waals surface area contributed by atoms with Gasteiger partial charge in [0, 0.05) is 20.9 Å². The van der Waals surface area contributed by atoms with Crippen molar-refractivity contribution in [2.75, 3.05) is 13.7 Å². The smallest absolute Gasteiger partial charge is 0.127 e. The van der Waals surface area contributed by atoms with Crippen LogP contribution in [0, 0.1) is 0 Å². The molecule has 1 aliphatic rings. The summed E-state index contributed by atoms with van der Waals surface area (Å²) in [4.78, 5) is 0. The number of halogens is 2. The zero-order chi connectivity index (χ0) is 14.1. The van der Waals surface area contributed by atoms with Crippen LogP contribution in [-0.4, -0.2) is 13.7 Å². The highest BCUT2D eigenvalue weighted by Gasteiger charge is 2.22. The number of nitrogens with one attached hydrogen (secondary N) is 1. The van der Waals surface area contributed by atoms with Gasteiger partial charge in [0.25, 0.3) is 0 Å². The van der Waals surface area contributed by atoms with Crippen LogP contribution in [-0.2, 0) is 6.42 Å². The van der Waals surface area contributed by atoms with Gasteiger partial charge in [-0.25, -0.2) is 0 Å². The third-order valence-corrected chi connectivity index (χ3v) is 4.48. The molecule has 0 aliphatic carbocycles. The van der Waals surface area contributed by atoms with E-state index in [2.05, 4.69) is 67.5 Å². The number of benzene rings is 2. The molecule has 1 heterocycles. The molecule has 1 atom stereocenters. The number of hydrogen-bond donors (Lipinski definition) is 1. The summed E-state index contributed by atoms with van der Waals surface area (Å²) in [6.07, 6.45) is 1.00. The van der Waals surface area contributed by atoms with E-state index in [0.717, 1.165) is 27.7 Å². The van der Waals surface area contributed by atoms with Crippen LogP contribution >= 0.6 is 31.9 Å². The fourth-order valence-corrected chi connectivity index (χ4v) is 4.04. The zero-order valence-corrected chi connectivity index (χ0v) is 14.3. The zero-order valence-electron chi connectivity index (χ0n) is 11.1. The normalized spacial score (nSPS) is 14.8. The van der Waals surface area contributed by atoms with E-state index in [-0.39, 0.29) is 6.04 Å². The van der Waals surface area contributed by atoms with E-state index in [1.54, 1.807) is 0 Å². The first kappa shape index (κ1) is 14.1. The molecule has 4 heteroatoms. The summed E-state index contributed by atoms with van der Waals surface area (Å²) in [7, 11) is 1.98. The van der Waals surface area contributed by atoms with E-state index in [1.165, 1.54) is 16.7 Å². The molecule has 20 heavy (non-hydrogen) atoms. The molecule has 0 amide bonds. The van der Waals surface area contributed by atoms with Crippen LogP contribution in [0.5, 0.6) is 5.75 Å². The molecule has 0 fully saturated rings. The highest BCUT2D eigenvalue weighted by Crippen LogP contribution is 2.37. The molecule has 2 aromatic rings. The monoisotopic (exact) mass is 395 g/mol. The Balaban J connectivity index is 2.08. The maximum atomic E-state index is 5.83. The lowest BCUT2D eigenvalue weighted by Crippen LogP contribution is -2.18. The average molecular weight is 397 g/mol. The fraction of sp³-hybridized carbons (Fsp3) is 0.250. The Bertz CT molecular complexity index is 622. The van der Waals surface area contributed by atoms with Crippen LogP contribution in [0.15, 0.2) is 45.3 Å². The van der Waals surface area contributed by atoms with Crippen molar-refractivity contribution in [3.05, 3.63) is 62.0 Å². The number of fused-ring (bicyclic) bond motifs is 1. The molecule has 0 spiro atoms. The third kappa shape index (κ3) is 2.65. The van der Waals surface area contributed by atoms with Gasteiger partial charge in [-0.3, -0.25) is 0 Å². The van der Waals surface area contributed by atoms with E-state index in [0.29, 0.717) is 0 Å². The fourth-order valence-electron chi connectivity index (χ4n) is 2.71. The molecule has 0 bridgehead atoms. The summed E-state index contributed by atoms with van der Waals surface area (Å²) in [6, 6.07) is 12.8. The molecule has 2 aromatic carbocycles. The predicted octanol–water partition coefficient (Wildman–Crippen LogP) is 4.46. The predicted molar refractivity (Wildman–Crippen MR) is 88.4 cm³/mol. The molecule has 0 saturated heterocycles. The molecule has 0 saturated carbocycles. The average Bonchev–Trinajstić information content (AvgIpc) is 2.87. The number of ether oxygens (including phenoxy) is 1. The Morgan fingerprint density at radius 2 is 1.90 bits per heavy atom. The number of rotatable bonds is 3. The summed E-state index contributed by atoms with van der Waals surface area (Å²) < 4.78 is 7.96. The number of para-hydroxylation sites is 1. The lowest BCUT2D eigenvalue weighted by molar-refractivity contribution is 0.351. The van der Waals surface area contributed by atoms with Crippen LogP contribution < -0.4 is 10.1 Å². The lowest BCUT2D eigenvalue weighted by Gasteiger charge is -2.20. The first-order valence-corrected chi connectivity index (χ1v) is 8.15. The van der Waals surface area contributed by atoms with Gasteiger partial charge < -0.3 is 10.1 Å². The first-order valence-electron chi connectivity index (χ1n) is 6.57. The SMILES string of the molecule is CNC(c1cc(Br)cc(Br)c1)c1cccc2c1OCC2. The maximum Gasteiger partial charge on any atom is 0.127 e. The second kappa shape index (κ2) is 5.88. The van der Waals surface area contributed by atoms with E-state index in [9.17, 15) is 0 Å². The minimum atomic E-state index is 0.122. The third-order valence-electron chi connectivity index (χ3n) is 3.56. The minimum Gasteiger partial charge on any atom is -0.493 e. The van der Waals surface area contributed by atoms with Crippen LogP contribution in [0.3, 0.4) is 0 Å². The quantitative estimate of drug-likeness (QED) is 0.827. The molecular weight excluding hydrogens is 382 g/mol. The van der Waals surface area contributed by atoms with Crippen molar-refractivity contribution in [2.24, 2.45) is 0 Å². The van der Waals surface area contributed by atoms with Crippen molar-refractivity contribution in [2.45, 2.75) is 12.5 Å². The van der Waals surface area contributed by atoms with Gasteiger partial charge in [-0.05, 0) is 36.4 Å². The van der Waals surface area contributed by atoms with E-state index in [4.69, 9.17) is 4.74 Å². The highest BCUT2D eigenvalue weighted by molar-refractivity contribution is 9.11. The summed E-state index contributed by atoms with van der Waals surface area (Å²) in [6.45, 7) is 0.783. The summed E-state index contributed by atoms with van der Waals surface area (Å²) in [5, 5.41) is 3.40. The second-order valence-electron chi connectivity index (χ2n) is 4.86. The van der Waals surface area contributed by atoms with Gasteiger partial charge in [-0.2, -0.15) is 0 Å². The minimum absolute atomic E-state index is 0.122. The molecule has 1 N–H and O–H groups in total. The number of hydrogen-bond acceptors (Lipinski definition) is 2. The van der Waals surface area contributed by atoms with Gasteiger partial charge in [-0.1, -0.05) is 50.1 Å². The van der Waals surface area contributed by atoms with Crippen molar-refractivity contribution in [3.63, 3.8) is 0 Å². The van der Waals surface area contributed by atoms with Gasteiger partial charge in [0.15, 0.2) is 0 Å². The Labute approximate surface area is 135 Å². The van der Waals surface area contributed by atoms with E-state index < -0.39 is 0 Å². The largest absolute Gasteiger partial charge is 0.493 e. The van der Waals surface area contributed by atoms with Crippen LogP contribution in [0.25, 0.3) is 0 Å². The Morgan fingerprint density at radius 1 is 1.15 bits per heavy atom. The molecule has 104 valence electrons. The topological polar surface area (TPSA) is 21.3 Å². The van der Waals surface area contributed by atoms with Crippen molar-refractivity contribution in [1.29, 1.82) is 0 Å². The molecule has 1 aliphatic heterocycles. The molecule has 0 aromatic heterocycles. The van der Waals surface area contributed by atoms with Gasteiger partial charge >= 0.3 is 0 Å². The van der Waals surface area contributed by atoms with Crippen molar-refractivity contribution in [1.82, 2.24) is 5.32 Å². The molecule has 3 rings (SSSR count). The lowest BCUT2D eigenvalue weighted by atomic mass is 9.96.